The van der Waals surface area contributed by atoms with Gasteiger partial charge in [0.2, 0.25) is 0 Å². The van der Waals surface area contributed by atoms with E-state index in [9.17, 15) is 4.39 Å². The van der Waals surface area contributed by atoms with Crippen molar-refractivity contribution >= 4 is 17.3 Å². The fourth-order valence-corrected chi connectivity index (χ4v) is 3.38. The lowest BCUT2D eigenvalue weighted by atomic mass is 10.0. The van der Waals surface area contributed by atoms with Crippen molar-refractivity contribution in [1.29, 1.82) is 0 Å². The number of nitrogens with one attached hydrogen (secondary N) is 1. The third-order valence-electron chi connectivity index (χ3n) is 4.82. The van der Waals surface area contributed by atoms with Gasteiger partial charge in [0.1, 0.15) is 12.4 Å². The topological polar surface area (TPSA) is 30.5 Å². The molecular weight excluding hydrogens is 413 g/mol. The van der Waals surface area contributed by atoms with Crippen LogP contribution in [-0.2, 0) is 19.6 Å². The summed E-state index contributed by atoms with van der Waals surface area (Å²) in [4.78, 5) is 0. The molecule has 0 saturated heterocycles. The van der Waals surface area contributed by atoms with E-state index in [2.05, 4.69) is 18.0 Å². The quantitative estimate of drug-likeness (QED) is 0.341. The number of halogens is 2. The summed E-state index contributed by atoms with van der Waals surface area (Å²) in [7, 11) is 0. The number of allylic oxidation sites excluding steroid dienone is 1. The van der Waals surface area contributed by atoms with Gasteiger partial charge in [0.25, 0.3) is 0 Å². The molecular formula is C26H27ClFNO2. The van der Waals surface area contributed by atoms with E-state index in [4.69, 9.17) is 21.1 Å². The van der Waals surface area contributed by atoms with E-state index in [0.29, 0.717) is 37.7 Å². The van der Waals surface area contributed by atoms with Crippen molar-refractivity contribution in [2.45, 2.75) is 33.4 Å². The Labute approximate surface area is 188 Å². The summed E-state index contributed by atoms with van der Waals surface area (Å²) in [6.07, 6.45) is 2.48. The van der Waals surface area contributed by atoms with Crippen molar-refractivity contribution in [2.75, 3.05) is 11.9 Å². The van der Waals surface area contributed by atoms with Crippen LogP contribution in [0, 0.1) is 12.7 Å². The van der Waals surface area contributed by atoms with Gasteiger partial charge >= 0.3 is 0 Å². The molecule has 0 atom stereocenters. The molecule has 3 rings (SSSR count). The molecule has 0 aromatic heterocycles. The number of aryl methyl sites for hydroxylation is 1. The van der Waals surface area contributed by atoms with Gasteiger partial charge in [0.15, 0.2) is 11.5 Å². The molecule has 0 bridgehead atoms. The van der Waals surface area contributed by atoms with Crippen molar-refractivity contribution in [3.8, 4) is 11.5 Å². The summed E-state index contributed by atoms with van der Waals surface area (Å²) in [6.45, 7) is 9.25. The molecule has 1 N–H and O–H groups in total. The predicted octanol–water partition coefficient (Wildman–Crippen LogP) is 7.11. The Kier molecular flexibility index (Phi) is 7.96. The highest BCUT2D eigenvalue weighted by atomic mass is 35.5. The molecule has 5 heteroatoms. The maximum atomic E-state index is 13.2. The second-order valence-corrected chi connectivity index (χ2v) is 7.65. The molecule has 3 aromatic carbocycles. The third-order valence-corrected chi connectivity index (χ3v) is 5.23. The van der Waals surface area contributed by atoms with Crippen LogP contribution >= 0.6 is 11.6 Å². The zero-order valence-corrected chi connectivity index (χ0v) is 18.6. The average molecular weight is 440 g/mol. The van der Waals surface area contributed by atoms with Crippen LogP contribution < -0.4 is 14.8 Å². The first kappa shape index (κ1) is 22.7. The number of hydrogen-bond acceptors (Lipinski definition) is 3. The summed E-state index contributed by atoms with van der Waals surface area (Å²) in [5.74, 6) is 1.11. The average Bonchev–Trinajstić information content (AvgIpc) is 2.75. The Balaban J connectivity index is 1.82. The maximum Gasteiger partial charge on any atom is 0.165 e. The maximum absolute atomic E-state index is 13.2. The van der Waals surface area contributed by atoms with Gasteiger partial charge in [0, 0.05) is 22.8 Å². The summed E-state index contributed by atoms with van der Waals surface area (Å²) < 4.78 is 25.2. The van der Waals surface area contributed by atoms with Gasteiger partial charge in [-0.2, -0.15) is 0 Å². The Hall–Kier alpha value is -2.98. The van der Waals surface area contributed by atoms with Gasteiger partial charge in [-0.15, -0.1) is 6.58 Å². The van der Waals surface area contributed by atoms with Crippen molar-refractivity contribution in [2.24, 2.45) is 0 Å². The van der Waals surface area contributed by atoms with Crippen LogP contribution in [0.15, 0.2) is 67.3 Å². The minimum atomic E-state index is -0.266. The van der Waals surface area contributed by atoms with E-state index in [1.165, 1.54) is 12.1 Å². The van der Waals surface area contributed by atoms with Gasteiger partial charge in [0.05, 0.1) is 6.61 Å². The minimum Gasteiger partial charge on any atom is -0.490 e. The number of anilines is 1. The molecule has 162 valence electrons. The zero-order valence-electron chi connectivity index (χ0n) is 17.9. The Bertz CT molecular complexity index is 1030. The molecule has 0 fully saturated rings. The van der Waals surface area contributed by atoms with Crippen LogP contribution in [0.1, 0.15) is 29.2 Å². The van der Waals surface area contributed by atoms with Crippen LogP contribution in [0.4, 0.5) is 10.1 Å². The Morgan fingerprint density at radius 3 is 2.48 bits per heavy atom. The minimum absolute atomic E-state index is 0.266. The van der Waals surface area contributed by atoms with Crippen molar-refractivity contribution in [3.05, 3.63) is 100 Å². The van der Waals surface area contributed by atoms with E-state index in [0.717, 1.165) is 33.0 Å². The largest absolute Gasteiger partial charge is 0.490 e. The molecule has 0 aliphatic heterocycles. The van der Waals surface area contributed by atoms with Crippen LogP contribution in [0.2, 0.25) is 5.02 Å². The zero-order chi connectivity index (χ0) is 22.2. The smallest absolute Gasteiger partial charge is 0.165 e. The lowest BCUT2D eigenvalue weighted by molar-refractivity contribution is 0.267. The SMILES string of the molecule is C=CCc1cc(CNc2ccc(C)c(Cl)c2)cc(OCC)c1OCc1ccc(F)cc1. The summed E-state index contributed by atoms with van der Waals surface area (Å²) in [5.41, 5.74) is 4.93. The number of ether oxygens (including phenoxy) is 2. The van der Waals surface area contributed by atoms with Crippen LogP contribution in [0.5, 0.6) is 11.5 Å². The second-order valence-electron chi connectivity index (χ2n) is 7.24. The normalized spacial score (nSPS) is 10.6. The van der Waals surface area contributed by atoms with E-state index in [-0.39, 0.29) is 5.82 Å². The lowest BCUT2D eigenvalue weighted by Gasteiger charge is -2.18. The van der Waals surface area contributed by atoms with Gasteiger partial charge in [-0.25, -0.2) is 4.39 Å². The molecule has 3 aromatic rings. The first-order chi connectivity index (χ1) is 15.0. The predicted molar refractivity (Wildman–Crippen MR) is 126 cm³/mol. The van der Waals surface area contributed by atoms with E-state index in [1.807, 2.05) is 44.2 Å². The van der Waals surface area contributed by atoms with Gasteiger partial charge in [-0.1, -0.05) is 35.9 Å². The molecule has 31 heavy (non-hydrogen) atoms. The molecule has 3 nitrogen and oxygen atoms in total. The highest BCUT2D eigenvalue weighted by Crippen LogP contribution is 2.35. The highest BCUT2D eigenvalue weighted by molar-refractivity contribution is 6.31. The highest BCUT2D eigenvalue weighted by Gasteiger charge is 2.14. The van der Waals surface area contributed by atoms with E-state index in [1.54, 1.807) is 12.1 Å². The van der Waals surface area contributed by atoms with Crippen molar-refractivity contribution in [3.63, 3.8) is 0 Å². The molecule has 0 aliphatic rings. The fraction of sp³-hybridized carbons (Fsp3) is 0.231. The standard InChI is InChI=1S/C26H27ClFNO2/c1-4-6-21-13-20(16-29-23-12-7-18(3)24(27)15-23)14-25(30-5-2)26(21)31-17-19-8-10-22(28)11-9-19/h4,7-15,29H,1,5-6,16-17H2,2-3H3. The Morgan fingerprint density at radius 2 is 1.81 bits per heavy atom. The van der Waals surface area contributed by atoms with E-state index < -0.39 is 0 Å². The van der Waals surface area contributed by atoms with Gasteiger partial charge in [-0.3, -0.25) is 0 Å². The number of benzene rings is 3. The second kappa shape index (κ2) is 10.9. The van der Waals surface area contributed by atoms with Crippen molar-refractivity contribution < 1.29 is 13.9 Å². The lowest BCUT2D eigenvalue weighted by Crippen LogP contribution is -2.06. The Morgan fingerprint density at radius 1 is 1.03 bits per heavy atom. The molecule has 0 aliphatic carbocycles. The monoisotopic (exact) mass is 439 g/mol. The molecule has 0 saturated carbocycles. The van der Waals surface area contributed by atoms with Crippen LogP contribution in [0.3, 0.4) is 0 Å². The van der Waals surface area contributed by atoms with Crippen LogP contribution in [-0.4, -0.2) is 6.61 Å². The number of hydrogen-bond donors (Lipinski definition) is 1. The summed E-state index contributed by atoms with van der Waals surface area (Å²) in [6, 6.07) is 16.3. The summed E-state index contributed by atoms with van der Waals surface area (Å²) in [5, 5.41) is 4.14. The molecule has 0 amide bonds. The molecule has 0 unspecified atom stereocenters. The summed E-state index contributed by atoms with van der Waals surface area (Å²) >= 11 is 6.23. The fourth-order valence-electron chi connectivity index (χ4n) is 3.20. The first-order valence-corrected chi connectivity index (χ1v) is 10.6. The van der Waals surface area contributed by atoms with Crippen molar-refractivity contribution in [1.82, 2.24) is 0 Å². The van der Waals surface area contributed by atoms with E-state index >= 15 is 0 Å². The molecule has 0 spiro atoms. The third kappa shape index (κ3) is 6.25. The van der Waals surface area contributed by atoms with Crippen LogP contribution in [0.25, 0.3) is 0 Å². The van der Waals surface area contributed by atoms with Gasteiger partial charge < -0.3 is 14.8 Å². The number of rotatable bonds is 10. The molecule has 0 heterocycles. The first-order valence-electron chi connectivity index (χ1n) is 10.3. The van der Waals surface area contributed by atoms with Gasteiger partial charge in [-0.05, 0) is 73.4 Å². The molecule has 0 radical (unpaired) electrons.